The van der Waals surface area contributed by atoms with Crippen LogP contribution in [0.4, 0.5) is 8.78 Å². The second-order valence-electron chi connectivity index (χ2n) is 2.98. The number of hydrogen-bond acceptors (Lipinski definition) is 2. The third kappa shape index (κ3) is 1.35. The molecular formula is C9H9F2N3. The van der Waals surface area contributed by atoms with Gasteiger partial charge in [0.25, 0.3) is 0 Å². The first-order valence-electron chi connectivity index (χ1n) is 4.22. The van der Waals surface area contributed by atoms with Gasteiger partial charge in [0, 0.05) is 25.2 Å². The van der Waals surface area contributed by atoms with Gasteiger partial charge in [-0.25, -0.2) is 13.8 Å². The zero-order valence-corrected chi connectivity index (χ0v) is 7.37. The molecule has 0 unspecified atom stereocenters. The number of hydrogen-bond donors (Lipinski definition) is 1. The van der Waals surface area contributed by atoms with E-state index >= 15 is 0 Å². The Bertz CT molecular complexity index is 464. The van der Waals surface area contributed by atoms with Crippen molar-refractivity contribution in [2.75, 3.05) is 6.54 Å². The van der Waals surface area contributed by atoms with Crippen molar-refractivity contribution in [3.8, 4) is 0 Å². The number of nitrogens with zero attached hydrogens (tertiary/aromatic N) is 2. The summed E-state index contributed by atoms with van der Waals surface area (Å²) in [5.74, 6) is -1.74. The van der Waals surface area contributed by atoms with Crippen LogP contribution in [0.15, 0.2) is 18.5 Å². The molecule has 1 aromatic heterocycles. The molecular weight excluding hydrogens is 188 g/mol. The minimum Gasteiger partial charge on any atom is -0.329 e. The number of benzene rings is 1. The molecule has 74 valence electrons. The Morgan fingerprint density at radius 3 is 2.71 bits per heavy atom. The molecule has 0 aliphatic carbocycles. The van der Waals surface area contributed by atoms with E-state index < -0.39 is 11.6 Å². The van der Waals surface area contributed by atoms with Crippen molar-refractivity contribution >= 4 is 11.0 Å². The molecule has 2 rings (SSSR count). The largest absolute Gasteiger partial charge is 0.329 e. The van der Waals surface area contributed by atoms with Gasteiger partial charge in [0.15, 0.2) is 11.6 Å². The number of aromatic nitrogens is 2. The van der Waals surface area contributed by atoms with Gasteiger partial charge in [-0.2, -0.15) is 0 Å². The van der Waals surface area contributed by atoms with Crippen LogP contribution in [-0.4, -0.2) is 16.1 Å². The first-order chi connectivity index (χ1) is 6.72. The fourth-order valence-electron chi connectivity index (χ4n) is 1.37. The molecule has 1 aromatic carbocycles. The summed E-state index contributed by atoms with van der Waals surface area (Å²) in [4.78, 5) is 3.94. The number of fused-ring (bicyclic) bond motifs is 1. The molecule has 0 saturated carbocycles. The second-order valence-corrected chi connectivity index (χ2v) is 2.98. The van der Waals surface area contributed by atoms with E-state index in [9.17, 15) is 8.78 Å². The molecule has 0 saturated heterocycles. The third-order valence-electron chi connectivity index (χ3n) is 2.03. The Morgan fingerprint density at radius 2 is 2.00 bits per heavy atom. The molecule has 2 N–H and O–H groups in total. The summed E-state index contributed by atoms with van der Waals surface area (Å²) in [6.45, 7) is 0.978. The highest BCUT2D eigenvalue weighted by atomic mass is 19.2. The topological polar surface area (TPSA) is 43.8 Å². The molecule has 0 radical (unpaired) electrons. The van der Waals surface area contributed by atoms with Crippen LogP contribution in [0.3, 0.4) is 0 Å². The Labute approximate surface area is 79.2 Å². The van der Waals surface area contributed by atoms with E-state index in [0.29, 0.717) is 24.1 Å². The summed E-state index contributed by atoms with van der Waals surface area (Å²) in [6.07, 6.45) is 1.52. The van der Waals surface area contributed by atoms with Gasteiger partial charge in [-0.15, -0.1) is 0 Å². The van der Waals surface area contributed by atoms with Gasteiger partial charge >= 0.3 is 0 Å². The highest BCUT2D eigenvalue weighted by molar-refractivity contribution is 5.75. The predicted molar refractivity (Wildman–Crippen MR) is 48.7 cm³/mol. The maximum Gasteiger partial charge on any atom is 0.161 e. The standard InChI is InChI=1S/C9H9F2N3/c10-6-3-8-9(4-7(6)11)14(2-1-12)5-13-8/h3-5H,1-2,12H2. The molecule has 0 amide bonds. The Morgan fingerprint density at radius 1 is 1.29 bits per heavy atom. The fourth-order valence-corrected chi connectivity index (χ4v) is 1.37. The summed E-state index contributed by atoms with van der Waals surface area (Å²) in [5.41, 5.74) is 6.37. The summed E-state index contributed by atoms with van der Waals surface area (Å²) < 4.78 is 27.4. The molecule has 1 heterocycles. The molecule has 2 aromatic rings. The average Bonchev–Trinajstić information content (AvgIpc) is 2.51. The molecule has 0 fully saturated rings. The lowest BCUT2D eigenvalue weighted by Crippen LogP contribution is -2.08. The first kappa shape index (κ1) is 9.08. The van der Waals surface area contributed by atoms with Crippen molar-refractivity contribution in [1.29, 1.82) is 0 Å². The lowest BCUT2D eigenvalue weighted by molar-refractivity contribution is 0.510. The van der Waals surface area contributed by atoms with Crippen molar-refractivity contribution < 1.29 is 8.78 Å². The highest BCUT2D eigenvalue weighted by Gasteiger charge is 2.08. The molecule has 5 heteroatoms. The van der Waals surface area contributed by atoms with Gasteiger partial charge in [0.1, 0.15) is 0 Å². The van der Waals surface area contributed by atoms with Gasteiger partial charge < -0.3 is 10.3 Å². The highest BCUT2D eigenvalue weighted by Crippen LogP contribution is 2.16. The van der Waals surface area contributed by atoms with Crippen LogP contribution in [0.2, 0.25) is 0 Å². The monoisotopic (exact) mass is 197 g/mol. The molecule has 0 aliphatic rings. The van der Waals surface area contributed by atoms with Gasteiger partial charge in [0.2, 0.25) is 0 Å². The molecule has 0 aliphatic heterocycles. The molecule has 0 bridgehead atoms. The minimum absolute atomic E-state index is 0.435. The summed E-state index contributed by atoms with van der Waals surface area (Å²) >= 11 is 0. The van der Waals surface area contributed by atoms with Gasteiger partial charge in [0.05, 0.1) is 17.4 Å². The van der Waals surface area contributed by atoms with E-state index in [1.54, 1.807) is 4.57 Å². The van der Waals surface area contributed by atoms with E-state index in [2.05, 4.69) is 4.98 Å². The van der Waals surface area contributed by atoms with E-state index in [-0.39, 0.29) is 0 Å². The van der Waals surface area contributed by atoms with Crippen molar-refractivity contribution in [3.05, 3.63) is 30.1 Å². The molecule has 0 spiro atoms. The second kappa shape index (κ2) is 3.34. The van der Waals surface area contributed by atoms with E-state index in [0.717, 1.165) is 12.1 Å². The van der Waals surface area contributed by atoms with Gasteiger partial charge in [-0.3, -0.25) is 0 Å². The maximum absolute atomic E-state index is 12.9. The lowest BCUT2D eigenvalue weighted by Gasteiger charge is -2.00. The Hall–Kier alpha value is -1.49. The van der Waals surface area contributed by atoms with E-state index in [1.807, 2.05) is 0 Å². The van der Waals surface area contributed by atoms with Crippen molar-refractivity contribution in [2.24, 2.45) is 5.73 Å². The molecule has 3 nitrogen and oxygen atoms in total. The van der Waals surface area contributed by atoms with Crippen molar-refractivity contribution in [3.63, 3.8) is 0 Å². The molecule has 14 heavy (non-hydrogen) atoms. The quantitative estimate of drug-likeness (QED) is 0.787. The Balaban J connectivity index is 2.61. The van der Waals surface area contributed by atoms with Crippen molar-refractivity contribution in [1.82, 2.24) is 9.55 Å². The normalized spacial score (nSPS) is 11.1. The van der Waals surface area contributed by atoms with Gasteiger partial charge in [-0.1, -0.05) is 0 Å². The van der Waals surface area contributed by atoms with Crippen LogP contribution >= 0.6 is 0 Å². The van der Waals surface area contributed by atoms with Crippen LogP contribution in [-0.2, 0) is 6.54 Å². The van der Waals surface area contributed by atoms with Crippen LogP contribution in [0, 0.1) is 11.6 Å². The zero-order valence-electron chi connectivity index (χ0n) is 7.37. The maximum atomic E-state index is 12.9. The first-order valence-corrected chi connectivity index (χ1v) is 4.22. The van der Waals surface area contributed by atoms with Crippen molar-refractivity contribution in [2.45, 2.75) is 6.54 Å². The summed E-state index contributed by atoms with van der Waals surface area (Å²) in [7, 11) is 0. The number of imidazole rings is 1. The van der Waals surface area contributed by atoms with Crippen LogP contribution in [0.5, 0.6) is 0 Å². The molecule has 0 atom stereocenters. The van der Waals surface area contributed by atoms with E-state index in [1.165, 1.54) is 6.33 Å². The number of halogens is 2. The Kier molecular flexibility index (Phi) is 2.17. The lowest BCUT2D eigenvalue weighted by atomic mass is 10.3. The zero-order chi connectivity index (χ0) is 10.1. The van der Waals surface area contributed by atoms with Crippen LogP contribution in [0.25, 0.3) is 11.0 Å². The predicted octanol–water partition coefficient (Wildman–Crippen LogP) is 1.27. The summed E-state index contributed by atoms with van der Waals surface area (Å²) in [5, 5.41) is 0. The van der Waals surface area contributed by atoms with Crippen LogP contribution < -0.4 is 5.73 Å². The number of nitrogens with two attached hydrogens (primary N) is 1. The summed E-state index contributed by atoms with van der Waals surface area (Å²) in [6, 6.07) is 2.21. The smallest absolute Gasteiger partial charge is 0.161 e. The minimum atomic E-state index is -0.879. The average molecular weight is 197 g/mol. The van der Waals surface area contributed by atoms with E-state index in [4.69, 9.17) is 5.73 Å². The van der Waals surface area contributed by atoms with Gasteiger partial charge in [-0.05, 0) is 0 Å². The third-order valence-corrected chi connectivity index (χ3v) is 2.03. The van der Waals surface area contributed by atoms with Crippen LogP contribution in [0.1, 0.15) is 0 Å². The number of rotatable bonds is 2. The fraction of sp³-hybridized carbons (Fsp3) is 0.222. The SMILES string of the molecule is NCCn1cnc2cc(F)c(F)cc21.